The molecule has 8 nitrogen and oxygen atoms in total. The number of fused-ring (bicyclic) bond motifs is 1. The first-order valence-electron chi connectivity index (χ1n) is 9.96. The van der Waals surface area contributed by atoms with Crippen LogP contribution in [0.4, 0.5) is 4.79 Å². The monoisotopic (exact) mass is 386 g/mol. The molecule has 28 heavy (non-hydrogen) atoms. The van der Waals surface area contributed by atoms with Gasteiger partial charge in [0, 0.05) is 56.6 Å². The van der Waals surface area contributed by atoms with Gasteiger partial charge in [0.15, 0.2) is 0 Å². The van der Waals surface area contributed by atoms with Crippen LogP contribution in [-0.4, -0.2) is 82.5 Å². The van der Waals surface area contributed by atoms with Crippen molar-refractivity contribution in [3.8, 4) is 0 Å². The van der Waals surface area contributed by atoms with Gasteiger partial charge in [-0.25, -0.2) is 4.79 Å². The Bertz CT molecular complexity index is 763. The van der Waals surface area contributed by atoms with Crippen molar-refractivity contribution in [1.82, 2.24) is 19.7 Å². The van der Waals surface area contributed by atoms with Gasteiger partial charge in [-0.2, -0.15) is 0 Å². The van der Waals surface area contributed by atoms with Crippen LogP contribution in [0.15, 0.2) is 24.5 Å². The number of piperidine rings is 1. The largest absolute Gasteiger partial charge is 0.447 e. The summed E-state index contributed by atoms with van der Waals surface area (Å²) in [6, 6.07) is 3.43. The Morgan fingerprint density at radius 2 is 1.86 bits per heavy atom. The molecule has 150 valence electrons. The van der Waals surface area contributed by atoms with E-state index in [1.807, 2.05) is 16.7 Å². The topological polar surface area (TPSA) is 83.0 Å². The van der Waals surface area contributed by atoms with Gasteiger partial charge in [-0.3, -0.25) is 19.5 Å². The van der Waals surface area contributed by atoms with E-state index >= 15 is 0 Å². The molecule has 1 atom stereocenters. The number of amides is 3. The Morgan fingerprint density at radius 1 is 1.14 bits per heavy atom. The Balaban J connectivity index is 1.36. The highest BCUT2D eigenvalue weighted by Crippen LogP contribution is 2.33. The molecular weight excluding hydrogens is 360 g/mol. The quantitative estimate of drug-likeness (QED) is 0.784. The molecule has 3 saturated heterocycles. The SMILES string of the molecule is CCC12COC(=O)N1CCN(C(=O)C1CCN(C(=O)c3ccncc3)CC1)C2. The van der Waals surface area contributed by atoms with Crippen LogP contribution >= 0.6 is 0 Å². The molecule has 8 heteroatoms. The summed E-state index contributed by atoms with van der Waals surface area (Å²) in [5.74, 6) is 0.0660. The van der Waals surface area contributed by atoms with Crippen LogP contribution in [0.2, 0.25) is 0 Å². The molecule has 1 aromatic heterocycles. The molecule has 1 unspecified atom stereocenters. The van der Waals surface area contributed by atoms with Crippen molar-refractivity contribution in [1.29, 1.82) is 0 Å². The standard InChI is InChI=1S/C20H26N4O4/c1-2-20-13-23(11-12-24(20)19(27)28-14-20)18(26)16-5-9-22(10-6-16)17(25)15-3-7-21-8-4-15/h3-4,7-8,16H,2,5-6,9-14H2,1H3. The van der Waals surface area contributed by atoms with Gasteiger partial charge < -0.3 is 14.5 Å². The van der Waals surface area contributed by atoms with Crippen LogP contribution in [-0.2, 0) is 9.53 Å². The number of rotatable bonds is 3. The number of carbonyl (C=O) groups is 3. The zero-order valence-corrected chi connectivity index (χ0v) is 16.2. The average Bonchev–Trinajstić information content (AvgIpc) is 3.10. The van der Waals surface area contributed by atoms with Crippen molar-refractivity contribution in [3.05, 3.63) is 30.1 Å². The minimum absolute atomic E-state index is 0.00605. The lowest BCUT2D eigenvalue weighted by molar-refractivity contribution is -0.141. The van der Waals surface area contributed by atoms with Crippen molar-refractivity contribution < 1.29 is 19.1 Å². The number of ether oxygens (including phenoxy) is 1. The zero-order chi connectivity index (χ0) is 19.7. The van der Waals surface area contributed by atoms with E-state index in [2.05, 4.69) is 4.98 Å². The molecule has 0 N–H and O–H groups in total. The molecule has 0 bridgehead atoms. The van der Waals surface area contributed by atoms with E-state index in [1.54, 1.807) is 29.4 Å². The average molecular weight is 386 g/mol. The van der Waals surface area contributed by atoms with E-state index in [0.29, 0.717) is 57.7 Å². The first-order valence-corrected chi connectivity index (χ1v) is 9.96. The molecule has 4 heterocycles. The second-order valence-corrected chi connectivity index (χ2v) is 7.85. The highest BCUT2D eigenvalue weighted by molar-refractivity contribution is 5.94. The first kappa shape index (κ1) is 18.7. The normalized spacial score (nSPS) is 25.5. The third kappa shape index (κ3) is 3.21. The van der Waals surface area contributed by atoms with Crippen molar-refractivity contribution in [2.24, 2.45) is 5.92 Å². The van der Waals surface area contributed by atoms with Crippen LogP contribution in [0.3, 0.4) is 0 Å². The van der Waals surface area contributed by atoms with Gasteiger partial charge in [0.1, 0.15) is 6.61 Å². The number of nitrogens with zero attached hydrogens (tertiary/aromatic N) is 4. The summed E-state index contributed by atoms with van der Waals surface area (Å²) in [6.07, 6.45) is 5.07. The highest BCUT2D eigenvalue weighted by atomic mass is 16.6. The lowest BCUT2D eigenvalue weighted by Gasteiger charge is -2.45. The van der Waals surface area contributed by atoms with E-state index in [-0.39, 0.29) is 29.4 Å². The number of aromatic nitrogens is 1. The number of hydrogen-bond acceptors (Lipinski definition) is 5. The minimum Gasteiger partial charge on any atom is -0.447 e. The maximum absolute atomic E-state index is 13.1. The fourth-order valence-corrected chi connectivity index (χ4v) is 4.52. The maximum Gasteiger partial charge on any atom is 0.410 e. The number of pyridine rings is 1. The Labute approximate surface area is 164 Å². The zero-order valence-electron chi connectivity index (χ0n) is 16.2. The van der Waals surface area contributed by atoms with Gasteiger partial charge in [-0.15, -0.1) is 0 Å². The number of hydrogen-bond donors (Lipinski definition) is 0. The molecule has 0 aromatic carbocycles. The maximum atomic E-state index is 13.1. The fraction of sp³-hybridized carbons (Fsp3) is 0.600. The minimum atomic E-state index is -0.386. The van der Waals surface area contributed by atoms with Gasteiger partial charge in [0.2, 0.25) is 5.91 Å². The van der Waals surface area contributed by atoms with Crippen molar-refractivity contribution in [2.75, 3.05) is 39.3 Å². The lowest BCUT2D eigenvalue weighted by atomic mass is 9.90. The molecule has 3 aliphatic heterocycles. The second-order valence-electron chi connectivity index (χ2n) is 7.85. The van der Waals surface area contributed by atoms with Gasteiger partial charge >= 0.3 is 6.09 Å². The summed E-state index contributed by atoms with van der Waals surface area (Å²) in [7, 11) is 0. The smallest absolute Gasteiger partial charge is 0.410 e. The third-order valence-corrected chi connectivity index (χ3v) is 6.36. The Hall–Kier alpha value is -2.64. The van der Waals surface area contributed by atoms with Gasteiger partial charge in [-0.05, 0) is 31.4 Å². The molecule has 0 spiro atoms. The molecule has 0 saturated carbocycles. The number of piperazine rings is 1. The molecule has 3 aliphatic rings. The summed E-state index contributed by atoms with van der Waals surface area (Å²) in [4.78, 5) is 47.0. The molecule has 0 radical (unpaired) electrons. The lowest BCUT2D eigenvalue weighted by Crippen LogP contribution is -2.63. The van der Waals surface area contributed by atoms with Crippen molar-refractivity contribution in [3.63, 3.8) is 0 Å². The summed E-state index contributed by atoms with van der Waals surface area (Å²) in [6.45, 7) is 5.15. The number of carbonyl (C=O) groups excluding carboxylic acids is 3. The van der Waals surface area contributed by atoms with E-state index < -0.39 is 0 Å². The number of cyclic esters (lactones) is 1. The van der Waals surface area contributed by atoms with Crippen molar-refractivity contribution in [2.45, 2.75) is 31.7 Å². The van der Waals surface area contributed by atoms with Crippen LogP contribution in [0, 0.1) is 5.92 Å². The van der Waals surface area contributed by atoms with Crippen molar-refractivity contribution >= 4 is 17.9 Å². The van der Waals surface area contributed by atoms with Gasteiger partial charge in [-0.1, -0.05) is 6.92 Å². The Kier molecular flexibility index (Phi) is 4.95. The van der Waals surface area contributed by atoms with E-state index in [1.165, 1.54) is 0 Å². The second kappa shape index (κ2) is 7.41. The van der Waals surface area contributed by atoms with E-state index in [9.17, 15) is 14.4 Å². The summed E-state index contributed by atoms with van der Waals surface area (Å²) >= 11 is 0. The predicted octanol–water partition coefficient (Wildman–Crippen LogP) is 1.38. The van der Waals surface area contributed by atoms with Gasteiger partial charge in [0.25, 0.3) is 5.91 Å². The first-order chi connectivity index (χ1) is 13.5. The highest BCUT2D eigenvalue weighted by Gasteiger charge is 2.50. The third-order valence-electron chi connectivity index (χ3n) is 6.36. The van der Waals surface area contributed by atoms with Crippen LogP contribution < -0.4 is 0 Å². The van der Waals surface area contributed by atoms with E-state index in [4.69, 9.17) is 4.74 Å². The van der Waals surface area contributed by atoms with Gasteiger partial charge in [0.05, 0.1) is 5.54 Å². The Morgan fingerprint density at radius 3 is 2.54 bits per heavy atom. The summed E-state index contributed by atoms with van der Waals surface area (Å²) < 4.78 is 5.25. The molecular formula is C20H26N4O4. The molecule has 0 aliphatic carbocycles. The number of likely N-dealkylation sites (tertiary alicyclic amines) is 1. The molecule has 1 aromatic rings. The van der Waals surface area contributed by atoms with E-state index in [0.717, 1.165) is 6.42 Å². The summed E-state index contributed by atoms with van der Waals surface area (Å²) in [5, 5.41) is 0. The molecule has 4 rings (SSSR count). The molecule has 3 fully saturated rings. The van der Waals surface area contributed by atoms with Crippen LogP contribution in [0.25, 0.3) is 0 Å². The van der Waals surface area contributed by atoms with Crippen LogP contribution in [0.1, 0.15) is 36.5 Å². The summed E-state index contributed by atoms with van der Waals surface area (Å²) in [5.41, 5.74) is 0.245. The predicted molar refractivity (Wildman–Crippen MR) is 101 cm³/mol. The van der Waals surface area contributed by atoms with Crippen LogP contribution in [0.5, 0.6) is 0 Å². The fourth-order valence-electron chi connectivity index (χ4n) is 4.52. The molecule has 3 amide bonds.